The van der Waals surface area contributed by atoms with E-state index >= 15 is 0 Å². The summed E-state index contributed by atoms with van der Waals surface area (Å²) in [7, 11) is 1.31. The van der Waals surface area contributed by atoms with Gasteiger partial charge in [-0.1, -0.05) is 6.07 Å². The van der Waals surface area contributed by atoms with Crippen LogP contribution in [0, 0.1) is 11.3 Å². The van der Waals surface area contributed by atoms with Crippen molar-refractivity contribution < 1.29 is 9.53 Å². The average molecular weight is 191 g/mol. The summed E-state index contributed by atoms with van der Waals surface area (Å²) >= 11 is 0. The molecule has 0 aliphatic rings. The van der Waals surface area contributed by atoms with Crippen molar-refractivity contribution in [3.05, 3.63) is 23.9 Å². The lowest BCUT2D eigenvalue weighted by Crippen LogP contribution is -2.15. The summed E-state index contributed by atoms with van der Waals surface area (Å²) in [6, 6.07) is 6.84. The zero-order valence-electron chi connectivity index (χ0n) is 7.65. The van der Waals surface area contributed by atoms with Crippen molar-refractivity contribution in [2.75, 3.05) is 19.0 Å². The molecule has 0 spiro atoms. The van der Waals surface area contributed by atoms with Crippen molar-refractivity contribution >= 4 is 11.8 Å². The van der Waals surface area contributed by atoms with E-state index in [1.54, 1.807) is 18.2 Å². The van der Waals surface area contributed by atoms with Gasteiger partial charge in [-0.15, -0.1) is 0 Å². The van der Waals surface area contributed by atoms with Crippen LogP contribution in [0.5, 0.6) is 0 Å². The zero-order valence-corrected chi connectivity index (χ0v) is 7.65. The van der Waals surface area contributed by atoms with Crippen molar-refractivity contribution in [1.82, 2.24) is 4.98 Å². The van der Waals surface area contributed by atoms with Crippen LogP contribution in [0.3, 0.4) is 0 Å². The highest BCUT2D eigenvalue weighted by atomic mass is 16.5. The molecule has 0 aliphatic heterocycles. The molecule has 0 unspecified atom stereocenters. The van der Waals surface area contributed by atoms with Gasteiger partial charge in [0.05, 0.1) is 7.11 Å². The van der Waals surface area contributed by atoms with Crippen LogP contribution in [-0.2, 0) is 9.53 Å². The van der Waals surface area contributed by atoms with Crippen LogP contribution in [0.1, 0.15) is 5.69 Å². The normalized spacial score (nSPS) is 8.86. The van der Waals surface area contributed by atoms with Crippen molar-refractivity contribution in [2.24, 2.45) is 0 Å². The topological polar surface area (TPSA) is 75.0 Å². The molecule has 0 bridgehead atoms. The van der Waals surface area contributed by atoms with Crippen molar-refractivity contribution in [3.63, 3.8) is 0 Å². The minimum Gasteiger partial charge on any atom is -0.468 e. The summed E-state index contributed by atoms with van der Waals surface area (Å²) in [5.74, 6) is 0.101. The molecule has 1 rings (SSSR count). The molecule has 0 aliphatic carbocycles. The molecular weight excluding hydrogens is 182 g/mol. The zero-order chi connectivity index (χ0) is 10.4. The molecule has 5 nitrogen and oxygen atoms in total. The highest BCUT2D eigenvalue weighted by Gasteiger charge is 2.00. The molecule has 1 aromatic heterocycles. The minimum atomic E-state index is -0.380. The quantitative estimate of drug-likeness (QED) is 0.705. The first-order chi connectivity index (χ1) is 6.76. The highest BCUT2D eigenvalue weighted by Crippen LogP contribution is 2.02. The maximum absolute atomic E-state index is 10.8. The average Bonchev–Trinajstić information content (AvgIpc) is 2.26. The van der Waals surface area contributed by atoms with E-state index in [9.17, 15) is 4.79 Å². The van der Waals surface area contributed by atoms with Crippen LogP contribution in [0.25, 0.3) is 0 Å². The standard InChI is InChI=1S/C9H9N3O2/c1-14-9(13)6-11-8-4-2-3-7(5-10)12-8/h2-4H,6H2,1H3,(H,11,12). The number of nitrogens with one attached hydrogen (secondary N) is 1. The lowest BCUT2D eigenvalue weighted by molar-refractivity contribution is -0.138. The minimum absolute atomic E-state index is 0.0401. The summed E-state index contributed by atoms with van der Waals surface area (Å²) in [6.45, 7) is 0.0401. The van der Waals surface area contributed by atoms with Gasteiger partial charge in [0, 0.05) is 0 Å². The molecule has 72 valence electrons. The van der Waals surface area contributed by atoms with Gasteiger partial charge in [0.25, 0.3) is 0 Å². The molecule has 0 atom stereocenters. The van der Waals surface area contributed by atoms with E-state index in [0.29, 0.717) is 11.5 Å². The maximum Gasteiger partial charge on any atom is 0.325 e. The number of hydrogen-bond acceptors (Lipinski definition) is 5. The summed E-state index contributed by atoms with van der Waals surface area (Å²) < 4.78 is 4.43. The van der Waals surface area contributed by atoms with Crippen LogP contribution in [0.4, 0.5) is 5.82 Å². The van der Waals surface area contributed by atoms with Gasteiger partial charge < -0.3 is 10.1 Å². The fourth-order valence-electron chi connectivity index (χ4n) is 0.830. The maximum atomic E-state index is 10.8. The predicted octanol–water partition coefficient (Wildman–Crippen LogP) is 0.538. The predicted molar refractivity (Wildman–Crippen MR) is 49.5 cm³/mol. The van der Waals surface area contributed by atoms with Gasteiger partial charge in [0.15, 0.2) is 0 Å². The number of ether oxygens (including phenoxy) is 1. The first-order valence-corrected chi connectivity index (χ1v) is 3.94. The van der Waals surface area contributed by atoms with Crippen LogP contribution in [-0.4, -0.2) is 24.6 Å². The van der Waals surface area contributed by atoms with Crippen LogP contribution in [0.15, 0.2) is 18.2 Å². The summed E-state index contributed by atoms with van der Waals surface area (Å²) in [5.41, 5.74) is 0.305. The molecule has 1 aromatic rings. The van der Waals surface area contributed by atoms with Gasteiger partial charge in [0.1, 0.15) is 24.1 Å². The number of carbonyl (C=O) groups excluding carboxylic acids is 1. The van der Waals surface area contributed by atoms with Gasteiger partial charge in [-0.25, -0.2) is 4.98 Å². The van der Waals surface area contributed by atoms with E-state index in [-0.39, 0.29) is 12.5 Å². The molecular formula is C9H9N3O2. The molecule has 0 saturated heterocycles. The van der Waals surface area contributed by atoms with Gasteiger partial charge >= 0.3 is 5.97 Å². The number of nitrogens with zero attached hydrogens (tertiary/aromatic N) is 2. The van der Waals surface area contributed by atoms with E-state index < -0.39 is 0 Å². The lowest BCUT2D eigenvalue weighted by atomic mass is 10.3. The lowest BCUT2D eigenvalue weighted by Gasteiger charge is -2.03. The largest absolute Gasteiger partial charge is 0.468 e. The third-order valence-corrected chi connectivity index (χ3v) is 1.51. The molecule has 1 N–H and O–H groups in total. The Labute approximate surface area is 81.3 Å². The Bertz CT molecular complexity index is 371. The summed E-state index contributed by atoms with van der Waals surface area (Å²) in [6.07, 6.45) is 0. The fourth-order valence-corrected chi connectivity index (χ4v) is 0.830. The second-order valence-electron chi connectivity index (χ2n) is 2.45. The SMILES string of the molecule is COC(=O)CNc1cccc(C#N)n1. The first-order valence-electron chi connectivity index (χ1n) is 3.94. The number of pyridine rings is 1. The molecule has 0 aromatic carbocycles. The van der Waals surface area contributed by atoms with Gasteiger partial charge in [-0.2, -0.15) is 5.26 Å². The Hall–Kier alpha value is -2.09. The summed E-state index contributed by atoms with van der Waals surface area (Å²) in [5, 5.41) is 11.3. The van der Waals surface area contributed by atoms with Crippen LogP contribution >= 0.6 is 0 Å². The first kappa shape index (κ1) is 9.99. The third-order valence-electron chi connectivity index (χ3n) is 1.51. The number of aromatic nitrogens is 1. The molecule has 5 heteroatoms. The van der Waals surface area contributed by atoms with Crippen molar-refractivity contribution in [2.45, 2.75) is 0 Å². The second kappa shape index (κ2) is 4.82. The summed E-state index contributed by atoms with van der Waals surface area (Å²) in [4.78, 5) is 14.7. The second-order valence-corrected chi connectivity index (χ2v) is 2.45. The van der Waals surface area contributed by atoms with Crippen LogP contribution < -0.4 is 5.32 Å². The number of esters is 1. The van der Waals surface area contributed by atoms with E-state index in [1.807, 2.05) is 6.07 Å². The monoisotopic (exact) mass is 191 g/mol. The van der Waals surface area contributed by atoms with Gasteiger partial charge in [-0.05, 0) is 12.1 Å². The number of anilines is 1. The fraction of sp³-hybridized carbons (Fsp3) is 0.222. The Balaban J connectivity index is 2.60. The number of rotatable bonds is 3. The molecule has 0 saturated carbocycles. The number of nitriles is 1. The number of carbonyl (C=O) groups is 1. The van der Waals surface area contributed by atoms with Gasteiger partial charge in [-0.3, -0.25) is 4.79 Å². The Morgan fingerprint density at radius 1 is 1.71 bits per heavy atom. The Kier molecular flexibility index (Phi) is 3.44. The molecule has 0 radical (unpaired) electrons. The van der Waals surface area contributed by atoms with E-state index in [1.165, 1.54) is 7.11 Å². The molecule has 14 heavy (non-hydrogen) atoms. The molecule has 1 heterocycles. The number of hydrogen-bond donors (Lipinski definition) is 1. The molecule has 0 amide bonds. The van der Waals surface area contributed by atoms with Gasteiger partial charge in [0.2, 0.25) is 0 Å². The highest BCUT2D eigenvalue weighted by molar-refractivity contribution is 5.74. The Morgan fingerprint density at radius 2 is 2.50 bits per heavy atom. The third kappa shape index (κ3) is 2.75. The van der Waals surface area contributed by atoms with Crippen molar-refractivity contribution in [1.29, 1.82) is 5.26 Å². The van der Waals surface area contributed by atoms with E-state index in [2.05, 4.69) is 15.0 Å². The Morgan fingerprint density at radius 3 is 3.14 bits per heavy atom. The van der Waals surface area contributed by atoms with Crippen LogP contribution in [0.2, 0.25) is 0 Å². The van der Waals surface area contributed by atoms with E-state index in [4.69, 9.17) is 5.26 Å². The number of methoxy groups -OCH3 is 1. The molecule has 0 fully saturated rings. The van der Waals surface area contributed by atoms with Crippen molar-refractivity contribution in [3.8, 4) is 6.07 Å². The van der Waals surface area contributed by atoms with E-state index in [0.717, 1.165) is 0 Å². The smallest absolute Gasteiger partial charge is 0.325 e.